The van der Waals surface area contributed by atoms with Crippen molar-refractivity contribution in [2.24, 2.45) is 5.41 Å². The van der Waals surface area contributed by atoms with Crippen LogP contribution in [0.5, 0.6) is 0 Å². The standard InChI is InChI=1S/C21H19N3O2S/c1-3-18-13-21(14-22,15-23)20(17-7-5-4-6-8-17)24(18)27(25,26)19-11-9-16(2)10-12-19/h3-12,18,20H,1,13H2,2H3/t18-,20+/m0/s1. The smallest absolute Gasteiger partial charge is 0.207 e. The third-order valence-corrected chi connectivity index (χ3v) is 6.87. The third kappa shape index (κ3) is 3.04. The van der Waals surface area contributed by atoms with Gasteiger partial charge in [-0.3, -0.25) is 0 Å². The molecule has 136 valence electrons. The second-order valence-electron chi connectivity index (χ2n) is 6.66. The summed E-state index contributed by atoms with van der Waals surface area (Å²) in [5.41, 5.74) is 0.0668. The number of sulfonamides is 1. The molecule has 2 atom stereocenters. The number of nitriles is 2. The molecule has 0 spiro atoms. The molecule has 0 unspecified atom stereocenters. The Hall–Kier alpha value is -2.93. The molecule has 27 heavy (non-hydrogen) atoms. The Labute approximate surface area is 159 Å². The van der Waals surface area contributed by atoms with Gasteiger partial charge < -0.3 is 0 Å². The van der Waals surface area contributed by atoms with Crippen LogP contribution in [0.25, 0.3) is 0 Å². The summed E-state index contributed by atoms with van der Waals surface area (Å²) in [6.07, 6.45) is 1.58. The Morgan fingerprint density at radius 3 is 2.22 bits per heavy atom. The van der Waals surface area contributed by atoms with Crippen molar-refractivity contribution in [1.82, 2.24) is 4.31 Å². The number of hydrogen-bond acceptors (Lipinski definition) is 4. The Balaban J connectivity index is 2.24. The van der Waals surface area contributed by atoms with Gasteiger partial charge in [0.2, 0.25) is 10.0 Å². The average molecular weight is 377 g/mol. The van der Waals surface area contributed by atoms with E-state index in [0.717, 1.165) is 5.56 Å². The van der Waals surface area contributed by atoms with Crippen molar-refractivity contribution >= 4 is 10.0 Å². The molecular weight excluding hydrogens is 358 g/mol. The molecule has 2 aromatic rings. The molecule has 0 bridgehead atoms. The van der Waals surface area contributed by atoms with Gasteiger partial charge >= 0.3 is 0 Å². The van der Waals surface area contributed by atoms with Gasteiger partial charge in [-0.25, -0.2) is 8.42 Å². The summed E-state index contributed by atoms with van der Waals surface area (Å²) in [4.78, 5) is 0.132. The minimum Gasteiger partial charge on any atom is -0.207 e. The molecule has 2 aromatic carbocycles. The molecule has 6 heteroatoms. The van der Waals surface area contributed by atoms with Crippen molar-refractivity contribution in [2.45, 2.75) is 30.3 Å². The molecule has 0 saturated carbocycles. The molecule has 3 rings (SSSR count). The van der Waals surface area contributed by atoms with Gasteiger partial charge in [0.25, 0.3) is 0 Å². The predicted molar refractivity (Wildman–Crippen MR) is 102 cm³/mol. The van der Waals surface area contributed by atoms with E-state index >= 15 is 0 Å². The highest BCUT2D eigenvalue weighted by atomic mass is 32.2. The highest BCUT2D eigenvalue weighted by Crippen LogP contribution is 2.52. The molecule has 1 fully saturated rings. The first kappa shape index (κ1) is 18.8. The van der Waals surface area contributed by atoms with E-state index in [1.165, 1.54) is 10.4 Å². The molecule has 0 aromatic heterocycles. The van der Waals surface area contributed by atoms with Crippen LogP contribution in [0.4, 0.5) is 0 Å². The Bertz CT molecular complexity index is 1020. The maximum Gasteiger partial charge on any atom is 0.244 e. The SMILES string of the molecule is C=C[C@H]1CC(C#N)(C#N)[C@@H](c2ccccc2)N1S(=O)(=O)c1ccc(C)cc1. The van der Waals surface area contributed by atoms with Crippen LogP contribution in [0.15, 0.2) is 72.1 Å². The van der Waals surface area contributed by atoms with Crippen LogP contribution < -0.4 is 0 Å². The number of benzene rings is 2. The van der Waals surface area contributed by atoms with Crippen LogP contribution in [0, 0.1) is 35.0 Å². The van der Waals surface area contributed by atoms with E-state index in [4.69, 9.17) is 0 Å². The molecule has 0 N–H and O–H groups in total. The number of hydrogen-bond donors (Lipinski definition) is 0. The second kappa shape index (κ2) is 7.00. The molecule has 1 aliphatic heterocycles. The van der Waals surface area contributed by atoms with E-state index in [2.05, 4.69) is 18.7 Å². The summed E-state index contributed by atoms with van der Waals surface area (Å²) in [6, 6.07) is 18.0. The van der Waals surface area contributed by atoms with Crippen molar-refractivity contribution in [2.75, 3.05) is 0 Å². The van der Waals surface area contributed by atoms with Crippen molar-refractivity contribution < 1.29 is 8.42 Å². The zero-order valence-corrected chi connectivity index (χ0v) is 15.7. The Morgan fingerprint density at radius 2 is 1.70 bits per heavy atom. The normalized spacial score (nSPS) is 21.9. The fourth-order valence-electron chi connectivity index (χ4n) is 3.58. The van der Waals surface area contributed by atoms with E-state index in [1.54, 1.807) is 48.5 Å². The summed E-state index contributed by atoms with van der Waals surface area (Å²) >= 11 is 0. The van der Waals surface area contributed by atoms with Gasteiger partial charge in [-0.15, -0.1) is 6.58 Å². The van der Waals surface area contributed by atoms with Crippen LogP contribution in [-0.4, -0.2) is 18.8 Å². The lowest BCUT2D eigenvalue weighted by Gasteiger charge is -2.30. The first-order chi connectivity index (χ1) is 12.9. The molecule has 5 nitrogen and oxygen atoms in total. The van der Waals surface area contributed by atoms with Crippen molar-refractivity contribution in [3.8, 4) is 12.1 Å². The number of aryl methyl sites for hydroxylation is 1. The van der Waals surface area contributed by atoms with Gasteiger partial charge in [-0.05, 0) is 24.6 Å². The summed E-state index contributed by atoms with van der Waals surface area (Å²) < 4.78 is 28.2. The zero-order chi connectivity index (χ0) is 19.7. The first-order valence-corrected chi connectivity index (χ1v) is 9.94. The highest BCUT2D eigenvalue weighted by molar-refractivity contribution is 7.89. The quantitative estimate of drug-likeness (QED) is 0.760. The molecule has 1 saturated heterocycles. The first-order valence-electron chi connectivity index (χ1n) is 8.50. The third-order valence-electron chi connectivity index (χ3n) is 4.96. The summed E-state index contributed by atoms with van der Waals surface area (Å²) in [5.74, 6) is 0. The summed E-state index contributed by atoms with van der Waals surface area (Å²) in [7, 11) is -3.95. The van der Waals surface area contributed by atoms with Crippen LogP contribution in [0.3, 0.4) is 0 Å². The average Bonchev–Trinajstić information content (AvgIpc) is 3.05. The topological polar surface area (TPSA) is 85.0 Å². The fourth-order valence-corrected chi connectivity index (χ4v) is 5.40. The minimum absolute atomic E-state index is 0.0775. The Morgan fingerprint density at radius 1 is 1.11 bits per heavy atom. The van der Waals surface area contributed by atoms with Crippen LogP contribution in [0.1, 0.15) is 23.6 Å². The molecule has 0 amide bonds. The van der Waals surface area contributed by atoms with Gasteiger partial charge in [0.05, 0.1) is 23.1 Å². The van der Waals surface area contributed by atoms with Crippen LogP contribution in [-0.2, 0) is 10.0 Å². The van der Waals surface area contributed by atoms with Gasteiger partial charge in [0, 0.05) is 12.5 Å². The van der Waals surface area contributed by atoms with Crippen LogP contribution in [0.2, 0.25) is 0 Å². The van der Waals surface area contributed by atoms with Crippen molar-refractivity contribution in [3.63, 3.8) is 0 Å². The monoisotopic (exact) mass is 377 g/mol. The molecular formula is C21H19N3O2S. The van der Waals surface area contributed by atoms with Gasteiger partial charge in [-0.1, -0.05) is 54.1 Å². The maximum absolute atomic E-state index is 13.5. The lowest BCUT2D eigenvalue weighted by molar-refractivity contribution is 0.318. The zero-order valence-electron chi connectivity index (χ0n) is 14.9. The van der Waals surface area contributed by atoms with E-state index in [1.807, 2.05) is 13.0 Å². The van der Waals surface area contributed by atoms with Gasteiger partial charge in [-0.2, -0.15) is 14.8 Å². The largest absolute Gasteiger partial charge is 0.244 e. The Kier molecular flexibility index (Phi) is 4.89. The van der Waals surface area contributed by atoms with Gasteiger partial charge in [0.15, 0.2) is 5.41 Å². The van der Waals surface area contributed by atoms with Crippen LogP contribution >= 0.6 is 0 Å². The van der Waals surface area contributed by atoms with E-state index < -0.39 is 27.5 Å². The lowest BCUT2D eigenvalue weighted by Crippen LogP contribution is -2.38. The van der Waals surface area contributed by atoms with E-state index in [0.29, 0.717) is 5.56 Å². The molecule has 0 radical (unpaired) electrons. The minimum atomic E-state index is -3.95. The summed E-state index contributed by atoms with van der Waals surface area (Å²) in [5, 5.41) is 19.6. The molecule has 0 aliphatic carbocycles. The summed E-state index contributed by atoms with van der Waals surface area (Å²) in [6.45, 7) is 5.63. The highest BCUT2D eigenvalue weighted by Gasteiger charge is 2.57. The predicted octanol–water partition coefficient (Wildman–Crippen LogP) is 3.72. The maximum atomic E-state index is 13.5. The van der Waals surface area contributed by atoms with Gasteiger partial charge in [0.1, 0.15) is 0 Å². The fraction of sp³-hybridized carbons (Fsp3) is 0.238. The van der Waals surface area contributed by atoms with E-state index in [-0.39, 0.29) is 11.3 Å². The van der Waals surface area contributed by atoms with E-state index in [9.17, 15) is 18.9 Å². The number of rotatable bonds is 4. The van der Waals surface area contributed by atoms with Crippen molar-refractivity contribution in [1.29, 1.82) is 10.5 Å². The second-order valence-corrected chi connectivity index (χ2v) is 8.51. The van der Waals surface area contributed by atoms with Crippen molar-refractivity contribution in [3.05, 3.63) is 78.4 Å². The molecule has 1 heterocycles. The molecule has 1 aliphatic rings. The number of nitrogens with zero attached hydrogens (tertiary/aromatic N) is 3. The lowest BCUT2D eigenvalue weighted by atomic mass is 9.79.